The van der Waals surface area contributed by atoms with Gasteiger partial charge in [-0.3, -0.25) is 14.0 Å². The lowest BCUT2D eigenvalue weighted by atomic mass is 10.2. The Hall–Kier alpha value is -3.67. The van der Waals surface area contributed by atoms with Crippen molar-refractivity contribution in [3.63, 3.8) is 0 Å². The number of sulfonamides is 1. The second kappa shape index (κ2) is 12.9. The fraction of sp³-hybridized carbons (Fsp3) is 0.333. The largest absolute Gasteiger partial charge is 0.492 e. The van der Waals surface area contributed by atoms with Crippen molar-refractivity contribution in [2.75, 3.05) is 61.6 Å². The summed E-state index contributed by atoms with van der Waals surface area (Å²) < 4.78 is 34.6. The van der Waals surface area contributed by atoms with Gasteiger partial charge < -0.3 is 15.0 Å². The predicted octanol–water partition coefficient (Wildman–Crippen LogP) is 4.46. The number of fused-ring (bicyclic) bond motifs is 1. The van der Waals surface area contributed by atoms with Gasteiger partial charge in [0.2, 0.25) is 0 Å². The molecule has 2 heterocycles. The van der Waals surface area contributed by atoms with Crippen molar-refractivity contribution in [2.24, 2.45) is 0 Å². The molecule has 3 aromatic carbocycles. The van der Waals surface area contributed by atoms with Crippen LogP contribution in [0.25, 0.3) is 10.2 Å². The minimum absolute atomic E-state index is 0.153. The van der Waals surface area contributed by atoms with E-state index in [2.05, 4.69) is 21.2 Å². The van der Waals surface area contributed by atoms with Crippen molar-refractivity contribution < 1.29 is 17.9 Å². The number of rotatable bonds is 11. The Morgan fingerprint density at radius 3 is 2.39 bits per heavy atom. The van der Waals surface area contributed by atoms with Crippen molar-refractivity contribution in [3.05, 3.63) is 78.4 Å². The van der Waals surface area contributed by atoms with Crippen LogP contribution in [0.15, 0.2) is 77.7 Å². The van der Waals surface area contributed by atoms with Crippen molar-refractivity contribution in [3.8, 4) is 5.75 Å². The molecular weight excluding hydrogens is 558 g/mol. The number of hydrogen-bond donors (Lipinski definition) is 1. The number of piperazine rings is 1. The number of hydrogen-bond acceptors (Lipinski definition) is 8. The Kier molecular flexibility index (Phi) is 9.06. The molecular formula is C30H35N5O4S2. The van der Waals surface area contributed by atoms with Gasteiger partial charge in [0.25, 0.3) is 15.9 Å². The van der Waals surface area contributed by atoms with E-state index in [1.807, 2.05) is 37.3 Å². The number of benzene rings is 3. The normalized spacial score (nSPS) is 14.2. The maximum Gasteiger partial charge on any atom is 0.264 e. The second-order valence-electron chi connectivity index (χ2n) is 9.65. The third-order valence-electron chi connectivity index (χ3n) is 7.06. The molecule has 9 nitrogen and oxygen atoms in total. The number of nitrogens with zero attached hydrogens (tertiary/aromatic N) is 4. The SMILES string of the molecule is CCOc1cccc2sc(N3CCN(CCNC(=O)c4ccc(S(=O)(=O)N(CC)c5ccccc5)cc4)CC3)nc12. The Morgan fingerprint density at radius 2 is 1.71 bits per heavy atom. The van der Waals surface area contributed by atoms with Gasteiger partial charge in [0.15, 0.2) is 5.13 Å². The lowest BCUT2D eigenvalue weighted by Gasteiger charge is -2.34. The Labute approximate surface area is 245 Å². The van der Waals surface area contributed by atoms with Crippen LogP contribution in [-0.4, -0.2) is 76.6 Å². The Morgan fingerprint density at radius 1 is 0.976 bits per heavy atom. The van der Waals surface area contributed by atoms with Gasteiger partial charge in [-0.15, -0.1) is 0 Å². The number of thiazole rings is 1. The van der Waals surface area contributed by atoms with Crippen LogP contribution in [0.2, 0.25) is 0 Å². The van der Waals surface area contributed by atoms with E-state index in [-0.39, 0.29) is 10.8 Å². The van der Waals surface area contributed by atoms with E-state index in [0.717, 1.165) is 53.8 Å². The van der Waals surface area contributed by atoms with Crippen LogP contribution in [0.1, 0.15) is 24.2 Å². The summed E-state index contributed by atoms with van der Waals surface area (Å²) in [6, 6.07) is 21.2. The number of carbonyl (C=O) groups excluding carboxylic acids is 1. The van der Waals surface area contributed by atoms with E-state index in [9.17, 15) is 13.2 Å². The van der Waals surface area contributed by atoms with Crippen LogP contribution >= 0.6 is 11.3 Å². The zero-order chi connectivity index (χ0) is 28.8. The van der Waals surface area contributed by atoms with Crippen LogP contribution in [0, 0.1) is 0 Å². The summed E-state index contributed by atoms with van der Waals surface area (Å²) >= 11 is 1.69. The van der Waals surface area contributed by atoms with Crippen LogP contribution in [-0.2, 0) is 10.0 Å². The Bertz CT molecular complexity index is 1570. The summed E-state index contributed by atoms with van der Waals surface area (Å²) in [5, 5.41) is 3.98. The number of aromatic nitrogens is 1. The molecule has 4 aromatic rings. The van der Waals surface area contributed by atoms with Crippen LogP contribution in [0.3, 0.4) is 0 Å². The summed E-state index contributed by atoms with van der Waals surface area (Å²) in [7, 11) is -3.73. The topological polar surface area (TPSA) is 95.1 Å². The molecule has 0 unspecified atom stereocenters. The average Bonchev–Trinajstić information content (AvgIpc) is 3.44. The van der Waals surface area contributed by atoms with Gasteiger partial charge in [0.1, 0.15) is 11.3 Å². The average molecular weight is 594 g/mol. The highest BCUT2D eigenvalue weighted by molar-refractivity contribution is 7.92. The van der Waals surface area contributed by atoms with Crippen molar-refractivity contribution in [1.82, 2.24) is 15.2 Å². The predicted molar refractivity (Wildman–Crippen MR) is 165 cm³/mol. The minimum atomic E-state index is -3.73. The van der Waals surface area contributed by atoms with Gasteiger partial charge in [0, 0.05) is 51.4 Å². The lowest BCUT2D eigenvalue weighted by Crippen LogP contribution is -2.48. The maximum atomic E-state index is 13.2. The van der Waals surface area contributed by atoms with Crippen LogP contribution in [0.4, 0.5) is 10.8 Å². The zero-order valence-corrected chi connectivity index (χ0v) is 25.0. The molecule has 216 valence electrons. The molecule has 1 saturated heterocycles. The molecule has 0 spiro atoms. The standard InChI is InChI=1S/C30H35N5O4S2/c1-3-35(24-9-6-5-7-10-24)41(37,38)25-15-13-23(14-16-25)29(36)31-17-18-33-19-21-34(22-20-33)30-32-28-26(39-4-2)11-8-12-27(28)40-30/h5-16H,3-4,17-22H2,1-2H3,(H,31,36). The molecule has 1 aliphatic heterocycles. The number of amides is 1. The minimum Gasteiger partial charge on any atom is -0.492 e. The summed E-state index contributed by atoms with van der Waals surface area (Å²) in [6.07, 6.45) is 0. The summed E-state index contributed by atoms with van der Waals surface area (Å²) in [4.78, 5) is 22.4. The molecule has 11 heteroatoms. The molecule has 41 heavy (non-hydrogen) atoms. The summed E-state index contributed by atoms with van der Waals surface area (Å²) in [5.74, 6) is 0.607. The third-order valence-corrected chi connectivity index (χ3v) is 10.1. The molecule has 1 amide bonds. The number of ether oxygens (including phenoxy) is 1. The van der Waals surface area contributed by atoms with Crippen LogP contribution < -0.4 is 19.3 Å². The monoisotopic (exact) mass is 593 g/mol. The van der Waals surface area contributed by atoms with E-state index in [1.54, 1.807) is 42.5 Å². The highest BCUT2D eigenvalue weighted by Crippen LogP contribution is 2.34. The molecule has 1 N–H and O–H groups in total. The van der Waals surface area contributed by atoms with E-state index in [1.165, 1.54) is 16.4 Å². The van der Waals surface area contributed by atoms with E-state index in [0.29, 0.717) is 30.9 Å². The first-order valence-corrected chi connectivity index (χ1v) is 16.1. The number of anilines is 2. The molecule has 0 atom stereocenters. The molecule has 0 saturated carbocycles. The first kappa shape index (κ1) is 28.8. The fourth-order valence-corrected chi connectivity index (χ4v) is 7.41. The van der Waals surface area contributed by atoms with Crippen molar-refractivity contribution in [2.45, 2.75) is 18.7 Å². The number of nitrogens with one attached hydrogen (secondary N) is 1. The van der Waals surface area contributed by atoms with E-state index >= 15 is 0 Å². The second-order valence-corrected chi connectivity index (χ2v) is 12.5. The van der Waals surface area contributed by atoms with Gasteiger partial charge in [-0.1, -0.05) is 35.6 Å². The molecule has 0 radical (unpaired) electrons. The first-order valence-electron chi connectivity index (χ1n) is 13.9. The molecule has 5 rings (SSSR count). The fourth-order valence-electron chi connectivity index (χ4n) is 4.90. The third kappa shape index (κ3) is 6.47. The summed E-state index contributed by atoms with van der Waals surface area (Å²) in [5.41, 5.74) is 1.95. The highest BCUT2D eigenvalue weighted by atomic mass is 32.2. The zero-order valence-electron chi connectivity index (χ0n) is 23.3. The molecule has 1 fully saturated rings. The first-order chi connectivity index (χ1) is 19.9. The van der Waals surface area contributed by atoms with E-state index in [4.69, 9.17) is 9.72 Å². The molecule has 1 aliphatic rings. The van der Waals surface area contributed by atoms with Gasteiger partial charge in [0.05, 0.1) is 21.9 Å². The molecule has 0 bridgehead atoms. The summed E-state index contributed by atoms with van der Waals surface area (Å²) in [6.45, 7) is 9.43. The lowest BCUT2D eigenvalue weighted by molar-refractivity contribution is 0.0947. The van der Waals surface area contributed by atoms with Gasteiger partial charge in [-0.2, -0.15) is 0 Å². The smallest absolute Gasteiger partial charge is 0.264 e. The molecule has 1 aromatic heterocycles. The van der Waals surface area contributed by atoms with Crippen molar-refractivity contribution in [1.29, 1.82) is 0 Å². The number of para-hydroxylation sites is 2. The quantitative estimate of drug-likeness (QED) is 0.274. The van der Waals surface area contributed by atoms with Gasteiger partial charge >= 0.3 is 0 Å². The molecule has 0 aliphatic carbocycles. The highest BCUT2D eigenvalue weighted by Gasteiger charge is 2.24. The van der Waals surface area contributed by atoms with E-state index < -0.39 is 10.0 Å². The Balaban J connectivity index is 1.11. The van der Waals surface area contributed by atoms with Crippen molar-refractivity contribution >= 4 is 48.3 Å². The number of carbonyl (C=O) groups is 1. The maximum absolute atomic E-state index is 13.2. The van der Waals surface area contributed by atoms with Crippen LogP contribution in [0.5, 0.6) is 5.75 Å². The van der Waals surface area contributed by atoms with Gasteiger partial charge in [-0.25, -0.2) is 13.4 Å². The van der Waals surface area contributed by atoms with Gasteiger partial charge in [-0.05, 0) is 62.4 Å².